The van der Waals surface area contributed by atoms with E-state index in [1.165, 1.54) is 4.70 Å². The maximum atomic E-state index is 13.4. The molecule has 3 aliphatic heterocycles. The highest BCUT2D eigenvalue weighted by molar-refractivity contribution is 6.42. The van der Waals surface area contributed by atoms with Crippen molar-refractivity contribution in [1.29, 1.82) is 0 Å². The van der Waals surface area contributed by atoms with Gasteiger partial charge in [0.1, 0.15) is 6.29 Å². The Bertz CT molecular complexity index is 1410. The van der Waals surface area contributed by atoms with E-state index in [1.807, 2.05) is 48.5 Å². The van der Waals surface area contributed by atoms with Gasteiger partial charge in [0, 0.05) is 29.8 Å². The molecule has 3 heterocycles. The summed E-state index contributed by atoms with van der Waals surface area (Å²) >= 11 is 12.3. The normalized spacial score (nSPS) is 24.9. The van der Waals surface area contributed by atoms with Crippen molar-refractivity contribution in [2.75, 3.05) is 10.6 Å². The van der Waals surface area contributed by atoms with Gasteiger partial charge in [-0.05, 0) is 29.0 Å². The number of halogens is 2. The molecule has 2 N–H and O–H groups in total. The number of hydrogen-bond acceptors (Lipinski definition) is 6. The summed E-state index contributed by atoms with van der Waals surface area (Å²) in [6.45, 7) is 0. The van der Waals surface area contributed by atoms with Crippen molar-refractivity contribution in [3.05, 3.63) is 82.3 Å². The van der Waals surface area contributed by atoms with Gasteiger partial charge in [0.2, 0.25) is 5.69 Å². The minimum absolute atomic E-state index is 0.130. The molecule has 1 spiro atoms. The van der Waals surface area contributed by atoms with E-state index in [0.29, 0.717) is 38.5 Å². The first-order valence-electron chi connectivity index (χ1n) is 10.6. The van der Waals surface area contributed by atoms with Crippen LogP contribution in [0, 0.1) is 0 Å². The number of benzene rings is 3. The average molecular weight is 494 g/mol. The second-order valence-electron chi connectivity index (χ2n) is 8.27. The van der Waals surface area contributed by atoms with E-state index in [2.05, 4.69) is 15.9 Å². The molecule has 170 valence electrons. The molecule has 6 rings (SSSR count). The topological polar surface area (TPSA) is 101 Å². The molecule has 10 heteroatoms. The summed E-state index contributed by atoms with van der Waals surface area (Å²) in [7, 11) is 0. The minimum atomic E-state index is -1.56. The molecule has 0 saturated carbocycles. The standard InChI is InChI=1S/C24H17Cl2N5O3/c25-15-10-9-13(11-16(15)26)31-21(22(32)34-30-31)20-12-24(29-19-8-4-3-7-18(19)27-20)14-5-1-2-6-17(14)28-23(24)33/h1-11,21-22,29H,12H2,(H,28,33). The van der Waals surface area contributed by atoms with Crippen LogP contribution in [0.4, 0.5) is 22.7 Å². The monoisotopic (exact) mass is 493 g/mol. The van der Waals surface area contributed by atoms with Crippen LogP contribution in [-0.4, -0.2) is 28.6 Å². The van der Waals surface area contributed by atoms with Gasteiger partial charge in [-0.15, -0.1) is 0 Å². The molecule has 3 aromatic rings. The Kier molecular flexibility index (Phi) is 4.84. The highest BCUT2D eigenvalue weighted by Crippen LogP contribution is 2.46. The molecule has 0 aromatic heterocycles. The van der Waals surface area contributed by atoms with E-state index in [4.69, 9.17) is 33.0 Å². The van der Waals surface area contributed by atoms with Crippen LogP contribution in [0.3, 0.4) is 0 Å². The molecule has 0 aliphatic carbocycles. The molecule has 3 unspecified atom stereocenters. The SMILES string of the molecule is O=C1Nc2ccccc2C12CC(C1C([O-])ON=[N+]1c1ccc(Cl)c(Cl)c1)=Nc1ccccc1N2. The summed E-state index contributed by atoms with van der Waals surface area (Å²) < 4.78 is 1.44. The Labute approximate surface area is 204 Å². The fourth-order valence-electron chi connectivity index (χ4n) is 4.66. The zero-order chi connectivity index (χ0) is 23.4. The van der Waals surface area contributed by atoms with E-state index in [0.717, 1.165) is 5.56 Å². The second-order valence-corrected chi connectivity index (χ2v) is 9.08. The van der Waals surface area contributed by atoms with Gasteiger partial charge in [0.15, 0.2) is 10.8 Å². The molecule has 1 amide bonds. The van der Waals surface area contributed by atoms with Crippen LogP contribution < -0.4 is 15.7 Å². The van der Waals surface area contributed by atoms with Gasteiger partial charge in [-0.25, -0.2) is 4.99 Å². The Hall–Kier alpha value is -3.46. The van der Waals surface area contributed by atoms with Crippen LogP contribution in [0.2, 0.25) is 10.0 Å². The van der Waals surface area contributed by atoms with Crippen molar-refractivity contribution in [2.45, 2.75) is 24.3 Å². The third-order valence-corrected chi connectivity index (χ3v) is 6.99. The number of amides is 1. The maximum Gasteiger partial charge on any atom is 0.255 e. The van der Waals surface area contributed by atoms with Crippen molar-refractivity contribution >= 4 is 57.6 Å². The van der Waals surface area contributed by atoms with Gasteiger partial charge < -0.3 is 20.6 Å². The van der Waals surface area contributed by atoms with Gasteiger partial charge in [-0.3, -0.25) is 4.79 Å². The van der Waals surface area contributed by atoms with E-state index in [-0.39, 0.29) is 12.3 Å². The van der Waals surface area contributed by atoms with E-state index in [1.54, 1.807) is 18.2 Å². The lowest BCUT2D eigenvalue weighted by Crippen LogP contribution is -2.50. The number of anilines is 2. The lowest BCUT2D eigenvalue weighted by Gasteiger charge is -2.30. The molecular weight excluding hydrogens is 477 g/mol. The molecule has 34 heavy (non-hydrogen) atoms. The van der Waals surface area contributed by atoms with Crippen molar-refractivity contribution in [3.8, 4) is 0 Å². The summed E-state index contributed by atoms with van der Waals surface area (Å²) in [5.41, 5.74) is 2.61. The molecule has 0 radical (unpaired) electrons. The highest BCUT2D eigenvalue weighted by atomic mass is 35.5. The van der Waals surface area contributed by atoms with E-state index in [9.17, 15) is 9.90 Å². The van der Waals surface area contributed by atoms with Gasteiger partial charge in [-0.1, -0.05) is 53.5 Å². The number of nitrogens with one attached hydrogen (secondary N) is 2. The van der Waals surface area contributed by atoms with Crippen molar-refractivity contribution < 1.29 is 19.4 Å². The number of fused-ring (bicyclic) bond motifs is 3. The number of hydrogen-bond donors (Lipinski definition) is 2. The Morgan fingerprint density at radius 1 is 1.03 bits per heavy atom. The van der Waals surface area contributed by atoms with Crippen molar-refractivity contribution in [2.24, 2.45) is 10.3 Å². The predicted molar refractivity (Wildman–Crippen MR) is 126 cm³/mol. The minimum Gasteiger partial charge on any atom is -0.814 e. The van der Waals surface area contributed by atoms with Crippen LogP contribution >= 0.6 is 23.2 Å². The number of carbonyl (C=O) groups is 1. The first kappa shape index (κ1) is 21.1. The number of nitrogens with zero attached hydrogens (tertiary/aromatic N) is 3. The molecule has 8 nitrogen and oxygen atoms in total. The molecule has 0 fully saturated rings. The van der Waals surface area contributed by atoms with E-state index >= 15 is 0 Å². The average Bonchev–Trinajstić information content (AvgIpc) is 3.27. The van der Waals surface area contributed by atoms with Crippen LogP contribution in [-0.2, 0) is 15.2 Å². The van der Waals surface area contributed by atoms with Crippen molar-refractivity contribution in [3.63, 3.8) is 0 Å². The molecule has 3 atom stereocenters. The van der Waals surface area contributed by atoms with Gasteiger partial charge in [0.05, 0.1) is 27.1 Å². The fourth-order valence-corrected chi connectivity index (χ4v) is 4.95. The lowest BCUT2D eigenvalue weighted by molar-refractivity contribution is -0.557. The quantitative estimate of drug-likeness (QED) is 0.512. The van der Waals surface area contributed by atoms with Crippen LogP contribution in [0.5, 0.6) is 0 Å². The third kappa shape index (κ3) is 3.18. The van der Waals surface area contributed by atoms with E-state index < -0.39 is 17.9 Å². The molecular formula is C24H17Cl2N5O3. The van der Waals surface area contributed by atoms with Gasteiger partial charge in [-0.2, -0.15) is 0 Å². The molecule has 3 aliphatic rings. The summed E-state index contributed by atoms with van der Waals surface area (Å²) in [5.74, 6) is -0.225. The second kappa shape index (κ2) is 7.80. The summed E-state index contributed by atoms with van der Waals surface area (Å²) in [6, 6.07) is 18.9. The number of aliphatic imine (C=N–C) groups is 1. The Morgan fingerprint density at radius 2 is 1.79 bits per heavy atom. The molecule has 3 aromatic carbocycles. The Balaban J connectivity index is 1.51. The van der Waals surface area contributed by atoms with Gasteiger partial charge in [0.25, 0.3) is 11.9 Å². The number of carbonyl (C=O) groups excluding carboxylic acids is 1. The molecule has 0 bridgehead atoms. The third-order valence-electron chi connectivity index (χ3n) is 6.25. The smallest absolute Gasteiger partial charge is 0.255 e. The number of para-hydroxylation sites is 3. The maximum absolute atomic E-state index is 13.4. The highest BCUT2D eigenvalue weighted by Gasteiger charge is 2.52. The zero-order valence-electron chi connectivity index (χ0n) is 17.5. The predicted octanol–water partition coefficient (Wildman–Crippen LogP) is 4.53. The van der Waals surface area contributed by atoms with Gasteiger partial charge >= 0.3 is 0 Å². The zero-order valence-corrected chi connectivity index (χ0v) is 19.0. The lowest BCUT2D eigenvalue weighted by atomic mass is 9.84. The fraction of sp³-hybridized carbons (Fsp3) is 0.167. The number of rotatable bonds is 2. The first-order valence-corrected chi connectivity index (χ1v) is 11.3. The summed E-state index contributed by atoms with van der Waals surface area (Å²) in [6.07, 6.45) is -1.43. The largest absolute Gasteiger partial charge is 0.814 e. The summed E-state index contributed by atoms with van der Waals surface area (Å²) in [5, 5.41) is 24.1. The van der Waals surface area contributed by atoms with Crippen LogP contribution in [0.1, 0.15) is 12.0 Å². The Morgan fingerprint density at radius 3 is 2.62 bits per heavy atom. The first-order chi connectivity index (χ1) is 16.5. The van der Waals surface area contributed by atoms with Crippen LogP contribution in [0.25, 0.3) is 0 Å². The summed E-state index contributed by atoms with van der Waals surface area (Å²) in [4.78, 5) is 23.4. The molecule has 0 saturated heterocycles. The van der Waals surface area contributed by atoms with Crippen LogP contribution in [0.15, 0.2) is 77.0 Å². The van der Waals surface area contributed by atoms with Crippen molar-refractivity contribution in [1.82, 2.24) is 0 Å².